The van der Waals surface area contributed by atoms with E-state index in [-0.39, 0.29) is 23.5 Å². The summed E-state index contributed by atoms with van der Waals surface area (Å²) in [4.78, 5) is 20.0. The van der Waals surface area contributed by atoms with E-state index in [1.807, 2.05) is 24.3 Å². The minimum Gasteiger partial charge on any atom is -0.497 e. The fourth-order valence-corrected chi connectivity index (χ4v) is 3.62. The summed E-state index contributed by atoms with van der Waals surface area (Å²) >= 11 is 0. The van der Waals surface area contributed by atoms with Crippen LogP contribution in [-0.2, 0) is 6.54 Å². The van der Waals surface area contributed by atoms with Crippen LogP contribution in [0.4, 0.5) is 19.4 Å². The lowest BCUT2D eigenvalue weighted by atomic mass is 10.2. The molecule has 1 aliphatic heterocycles. The topological polar surface area (TPSA) is 69.1 Å². The molecule has 0 saturated carbocycles. The molecule has 2 amide bonds. The summed E-state index contributed by atoms with van der Waals surface area (Å²) in [5.41, 5.74) is 1.93. The fraction of sp³-hybridized carbons (Fsp3) is 0.250. The van der Waals surface area contributed by atoms with E-state index in [0.29, 0.717) is 36.4 Å². The second-order valence-corrected chi connectivity index (χ2v) is 7.84. The number of amides is 2. The molecule has 4 rings (SSSR count). The molecular formula is C24H24F2N4O4. The number of methoxy groups -OCH3 is 1. The lowest BCUT2D eigenvalue weighted by Gasteiger charge is -2.31. The van der Waals surface area contributed by atoms with Gasteiger partial charge in [0.05, 0.1) is 19.4 Å². The van der Waals surface area contributed by atoms with Crippen molar-refractivity contribution in [3.05, 3.63) is 66.4 Å². The third kappa shape index (κ3) is 4.52. The van der Waals surface area contributed by atoms with E-state index in [1.54, 1.807) is 31.8 Å². The number of fused-ring (bicyclic) bond motifs is 1. The fourth-order valence-electron chi connectivity index (χ4n) is 3.62. The summed E-state index contributed by atoms with van der Waals surface area (Å²) in [6, 6.07) is 13.2. The minimum absolute atomic E-state index is 0.0582. The van der Waals surface area contributed by atoms with Gasteiger partial charge in [-0.2, -0.15) is 13.8 Å². The van der Waals surface area contributed by atoms with Crippen molar-refractivity contribution in [1.82, 2.24) is 14.5 Å². The van der Waals surface area contributed by atoms with Crippen molar-refractivity contribution in [2.45, 2.75) is 19.6 Å². The van der Waals surface area contributed by atoms with E-state index in [2.05, 4.69) is 16.3 Å². The number of imidazole rings is 1. The lowest BCUT2D eigenvalue weighted by Crippen LogP contribution is -2.42. The first-order valence-corrected chi connectivity index (χ1v) is 10.4. The van der Waals surface area contributed by atoms with Crippen LogP contribution in [0.3, 0.4) is 0 Å². The minimum atomic E-state index is -3.34. The van der Waals surface area contributed by atoms with Gasteiger partial charge in [0, 0.05) is 27.1 Å². The van der Waals surface area contributed by atoms with Gasteiger partial charge in [0.1, 0.15) is 22.9 Å². The second-order valence-electron chi connectivity index (χ2n) is 7.84. The Bertz CT molecular complexity index is 1250. The number of aromatic nitrogens is 2. The first-order valence-electron chi connectivity index (χ1n) is 10.4. The molecular weight excluding hydrogens is 446 g/mol. The highest BCUT2D eigenvalue weighted by atomic mass is 19.3. The second kappa shape index (κ2) is 8.69. The smallest absolute Gasteiger partial charge is 0.394 e. The van der Waals surface area contributed by atoms with E-state index in [1.165, 1.54) is 28.0 Å². The first-order chi connectivity index (χ1) is 16.1. The highest BCUT2D eigenvalue weighted by Gasteiger charge is 2.35. The van der Waals surface area contributed by atoms with Crippen molar-refractivity contribution in [2.75, 3.05) is 26.1 Å². The SMILES string of the molecule is C=C1c2c(nc(Oc3cccc(OC(C)(F)F)c3)n2Cc2cccc(OC)c2)N(C)C(=O)N1C. The zero-order valence-corrected chi connectivity index (χ0v) is 19.2. The highest BCUT2D eigenvalue weighted by molar-refractivity contribution is 6.02. The summed E-state index contributed by atoms with van der Waals surface area (Å²) in [5, 5.41) is 0. The molecule has 3 aromatic rings. The van der Waals surface area contributed by atoms with Crippen LogP contribution >= 0.6 is 0 Å². The molecule has 1 aliphatic rings. The van der Waals surface area contributed by atoms with Crippen LogP contribution in [0.5, 0.6) is 23.3 Å². The van der Waals surface area contributed by atoms with Crippen molar-refractivity contribution in [2.24, 2.45) is 0 Å². The maximum atomic E-state index is 13.3. The Hall–Kier alpha value is -4.08. The Morgan fingerprint density at radius 3 is 2.41 bits per heavy atom. The number of urea groups is 1. The van der Waals surface area contributed by atoms with Gasteiger partial charge in [-0.3, -0.25) is 14.4 Å². The molecule has 0 bridgehead atoms. The molecule has 0 N–H and O–H groups in total. The van der Waals surface area contributed by atoms with E-state index >= 15 is 0 Å². The van der Waals surface area contributed by atoms with E-state index in [9.17, 15) is 13.6 Å². The number of hydrogen-bond donors (Lipinski definition) is 0. The number of alkyl halides is 2. The third-order valence-electron chi connectivity index (χ3n) is 5.27. The van der Waals surface area contributed by atoms with Crippen LogP contribution < -0.4 is 19.1 Å². The van der Waals surface area contributed by atoms with Crippen molar-refractivity contribution >= 4 is 17.5 Å². The summed E-state index contributed by atoms with van der Waals surface area (Å²) in [5.74, 6) is 1.24. The van der Waals surface area contributed by atoms with Gasteiger partial charge in [-0.05, 0) is 29.8 Å². The predicted molar refractivity (Wildman–Crippen MR) is 123 cm³/mol. The van der Waals surface area contributed by atoms with Gasteiger partial charge in [0.15, 0.2) is 5.82 Å². The van der Waals surface area contributed by atoms with Crippen LogP contribution in [0.15, 0.2) is 55.1 Å². The summed E-state index contributed by atoms with van der Waals surface area (Å²) < 4.78 is 44.4. The molecule has 0 unspecified atom stereocenters. The quantitative estimate of drug-likeness (QED) is 0.475. The number of ether oxygens (including phenoxy) is 3. The van der Waals surface area contributed by atoms with Gasteiger partial charge in [-0.1, -0.05) is 24.8 Å². The largest absolute Gasteiger partial charge is 0.497 e. The number of benzene rings is 2. The van der Waals surface area contributed by atoms with Crippen molar-refractivity contribution < 1.29 is 27.8 Å². The standard InChI is InChI=1S/C24H24F2N4O4/c1-15-20-21(29(4)23(31)28(15)3)27-22(30(20)14-16-8-6-9-17(12-16)32-5)33-18-10-7-11-19(13-18)34-24(2,25)26/h6-13H,1,14H2,2-5H3. The van der Waals surface area contributed by atoms with E-state index in [0.717, 1.165) is 5.56 Å². The monoisotopic (exact) mass is 470 g/mol. The molecule has 0 radical (unpaired) electrons. The maximum absolute atomic E-state index is 13.3. The number of halogens is 2. The summed E-state index contributed by atoms with van der Waals surface area (Å²) in [6.07, 6.45) is -3.34. The van der Waals surface area contributed by atoms with Crippen molar-refractivity contribution in [3.63, 3.8) is 0 Å². The Labute approximate surface area is 195 Å². The zero-order chi connectivity index (χ0) is 24.6. The number of carbonyl (C=O) groups is 1. The highest BCUT2D eigenvalue weighted by Crippen LogP contribution is 2.38. The molecule has 1 aromatic heterocycles. The van der Waals surface area contributed by atoms with Gasteiger partial charge in [-0.25, -0.2) is 4.79 Å². The molecule has 178 valence electrons. The number of rotatable bonds is 7. The molecule has 0 spiro atoms. The third-order valence-corrected chi connectivity index (χ3v) is 5.27. The Morgan fingerprint density at radius 2 is 1.71 bits per heavy atom. The molecule has 10 heteroatoms. The van der Waals surface area contributed by atoms with Gasteiger partial charge in [0.25, 0.3) is 0 Å². The van der Waals surface area contributed by atoms with E-state index in [4.69, 9.17) is 9.47 Å². The molecule has 2 heterocycles. The van der Waals surface area contributed by atoms with Gasteiger partial charge < -0.3 is 14.2 Å². The predicted octanol–water partition coefficient (Wildman–Crippen LogP) is 5.20. The van der Waals surface area contributed by atoms with Crippen LogP contribution in [0.2, 0.25) is 0 Å². The molecule has 0 fully saturated rings. The van der Waals surface area contributed by atoms with Crippen molar-refractivity contribution in [1.29, 1.82) is 0 Å². The van der Waals surface area contributed by atoms with Gasteiger partial charge in [0.2, 0.25) is 0 Å². The van der Waals surface area contributed by atoms with E-state index < -0.39 is 6.11 Å². The van der Waals surface area contributed by atoms with Crippen molar-refractivity contribution in [3.8, 4) is 23.3 Å². The molecule has 8 nitrogen and oxygen atoms in total. The normalized spacial score (nSPS) is 13.7. The molecule has 0 aliphatic carbocycles. The van der Waals surface area contributed by atoms with Gasteiger partial charge in [-0.15, -0.1) is 0 Å². The molecule has 2 aromatic carbocycles. The number of anilines is 1. The van der Waals surface area contributed by atoms with Gasteiger partial charge >= 0.3 is 18.2 Å². The van der Waals surface area contributed by atoms with Crippen LogP contribution in [0.25, 0.3) is 5.70 Å². The molecule has 0 atom stereocenters. The maximum Gasteiger partial charge on any atom is 0.394 e. The first kappa shape index (κ1) is 23.1. The number of nitrogens with zero attached hydrogens (tertiary/aromatic N) is 4. The lowest BCUT2D eigenvalue weighted by molar-refractivity contribution is -0.159. The molecule has 0 saturated heterocycles. The zero-order valence-electron chi connectivity index (χ0n) is 19.2. The Kier molecular flexibility index (Phi) is 5.90. The van der Waals surface area contributed by atoms with Crippen LogP contribution in [0, 0.1) is 0 Å². The summed E-state index contributed by atoms with van der Waals surface area (Å²) in [6.45, 7) is 5.05. The average molecular weight is 470 g/mol. The number of carbonyl (C=O) groups excluding carboxylic acids is 1. The molecule has 34 heavy (non-hydrogen) atoms. The Morgan fingerprint density at radius 1 is 1.03 bits per heavy atom. The number of hydrogen-bond acceptors (Lipinski definition) is 5. The average Bonchev–Trinajstić information content (AvgIpc) is 3.13. The van der Waals surface area contributed by atoms with Crippen LogP contribution in [0.1, 0.15) is 18.2 Å². The Balaban J connectivity index is 1.78. The van der Waals surface area contributed by atoms with Crippen LogP contribution in [-0.4, -0.2) is 47.8 Å². The summed E-state index contributed by atoms with van der Waals surface area (Å²) in [7, 11) is 4.81.